The van der Waals surface area contributed by atoms with Gasteiger partial charge in [-0.25, -0.2) is 13.2 Å². The van der Waals surface area contributed by atoms with E-state index in [0.29, 0.717) is 0 Å². The number of halogens is 1. The van der Waals surface area contributed by atoms with Gasteiger partial charge in [0.05, 0.1) is 15.5 Å². The van der Waals surface area contributed by atoms with Crippen molar-refractivity contribution in [1.82, 2.24) is 0 Å². The summed E-state index contributed by atoms with van der Waals surface area (Å²) < 4.78 is 27.5. The molecule has 0 radical (unpaired) electrons. The summed E-state index contributed by atoms with van der Waals surface area (Å²) in [6.45, 7) is 1.30. The van der Waals surface area contributed by atoms with Crippen LogP contribution >= 0.6 is 11.6 Å². The lowest BCUT2D eigenvalue weighted by Gasteiger charge is -2.11. The van der Waals surface area contributed by atoms with E-state index in [1.54, 1.807) is 0 Å². The highest BCUT2D eigenvalue weighted by molar-refractivity contribution is 7.90. The number of hydrogen-bond acceptors (Lipinski definition) is 5. The van der Waals surface area contributed by atoms with Gasteiger partial charge in [-0.15, -0.1) is 0 Å². The molecule has 1 rings (SSSR count). The fraction of sp³-hybridized carbons (Fsp3) is 0.273. The van der Waals surface area contributed by atoms with Crippen molar-refractivity contribution in [2.45, 2.75) is 17.9 Å². The monoisotopic (exact) mass is 305 g/mol. The maximum atomic E-state index is 11.8. The number of primary amides is 1. The number of ether oxygens (including phenoxy) is 1. The van der Waals surface area contributed by atoms with Gasteiger partial charge in [0, 0.05) is 6.26 Å². The van der Waals surface area contributed by atoms with E-state index in [-0.39, 0.29) is 15.5 Å². The lowest BCUT2D eigenvalue weighted by Crippen LogP contribution is -2.30. The second kappa shape index (κ2) is 5.58. The van der Waals surface area contributed by atoms with Crippen LogP contribution in [0.3, 0.4) is 0 Å². The van der Waals surface area contributed by atoms with E-state index in [1.807, 2.05) is 0 Å². The molecule has 0 saturated heterocycles. The molecule has 0 spiro atoms. The minimum atomic E-state index is -3.48. The minimum absolute atomic E-state index is 0.0223. The molecule has 1 unspecified atom stereocenters. The molecule has 1 aromatic carbocycles. The average Bonchev–Trinajstić information content (AvgIpc) is 2.27. The minimum Gasteiger partial charge on any atom is -0.449 e. The molecule has 1 aromatic rings. The van der Waals surface area contributed by atoms with E-state index in [1.165, 1.54) is 19.1 Å². The smallest absolute Gasteiger partial charge is 0.340 e. The molecule has 0 aliphatic heterocycles. The lowest BCUT2D eigenvalue weighted by molar-refractivity contribution is -0.125. The first-order valence-electron chi connectivity index (χ1n) is 5.13. The number of esters is 1. The van der Waals surface area contributed by atoms with Crippen LogP contribution in [0.25, 0.3) is 0 Å². The van der Waals surface area contributed by atoms with Crippen molar-refractivity contribution in [3.8, 4) is 0 Å². The van der Waals surface area contributed by atoms with E-state index in [9.17, 15) is 18.0 Å². The van der Waals surface area contributed by atoms with Gasteiger partial charge in [0.25, 0.3) is 5.91 Å². The van der Waals surface area contributed by atoms with Crippen LogP contribution in [0.2, 0.25) is 5.02 Å². The van der Waals surface area contributed by atoms with Gasteiger partial charge in [-0.05, 0) is 25.1 Å². The normalized spacial score (nSPS) is 12.8. The molecule has 0 saturated carbocycles. The van der Waals surface area contributed by atoms with Crippen LogP contribution in [-0.4, -0.2) is 32.7 Å². The molecule has 0 heterocycles. The molecular weight excluding hydrogens is 294 g/mol. The van der Waals surface area contributed by atoms with Gasteiger partial charge in [0.1, 0.15) is 0 Å². The maximum Gasteiger partial charge on any atom is 0.340 e. The van der Waals surface area contributed by atoms with Crippen LogP contribution in [0.15, 0.2) is 23.1 Å². The van der Waals surface area contributed by atoms with Gasteiger partial charge in [-0.2, -0.15) is 0 Å². The summed E-state index contributed by atoms with van der Waals surface area (Å²) in [6, 6.07) is 3.63. The Balaban J connectivity index is 3.13. The summed E-state index contributed by atoms with van der Waals surface area (Å²) in [5.41, 5.74) is 4.81. The lowest BCUT2D eigenvalue weighted by atomic mass is 10.2. The number of amides is 1. The Morgan fingerprint density at radius 2 is 1.95 bits per heavy atom. The SMILES string of the molecule is CC(OC(=O)c1cc(S(C)(=O)=O)ccc1Cl)C(N)=O. The van der Waals surface area contributed by atoms with Crippen molar-refractivity contribution in [2.75, 3.05) is 6.26 Å². The van der Waals surface area contributed by atoms with Crippen LogP contribution in [0.1, 0.15) is 17.3 Å². The van der Waals surface area contributed by atoms with E-state index >= 15 is 0 Å². The summed E-state index contributed by atoms with van der Waals surface area (Å²) in [7, 11) is -3.48. The van der Waals surface area contributed by atoms with Crippen molar-refractivity contribution in [3.63, 3.8) is 0 Å². The Kier molecular flexibility index (Phi) is 4.54. The molecule has 1 atom stereocenters. The summed E-state index contributed by atoms with van der Waals surface area (Å²) >= 11 is 5.79. The van der Waals surface area contributed by atoms with Crippen molar-refractivity contribution >= 4 is 33.3 Å². The van der Waals surface area contributed by atoms with Crippen LogP contribution in [-0.2, 0) is 19.4 Å². The Morgan fingerprint density at radius 1 is 1.37 bits per heavy atom. The van der Waals surface area contributed by atoms with E-state index < -0.39 is 27.8 Å². The zero-order valence-electron chi connectivity index (χ0n) is 10.2. The Labute approximate surface area is 115 Å². The number of rotatable bonds is 4. The number of benzene rings is 1. The van der Waals surface area contributed by atoms with Gasteiger partial charge in [0.2, 0.25) is 0 Å². The first kappa shape index (κ1) is 15.5. The standard InChI is InChI=1S/C11H12ClNO5S/c1-6(10(13)14)18-11(15)8-5-7(19(2,16)17)3-4-9(8)12/h3-6H,1-2H3,(H2,13,14). The molecule has 0 aliphatic carbocycles. The third kappa shape index (κ3) is 3.93. The van der Waals surface area contributed by atoms with Crippen LogP contribution < -0.4 is 5.73 Å². The number of hydrogen-bond donors (Lipinski definition) is 1. The topological polar surface area (TPSA) is 104 Å². The third-order valence-electron chi connectivity index (χ3n) is 2.27. The largest absolute Gasteiger partial charge is 0.449 e. The number of carbonyl (C=O) groups excluding carboxylic acids is 2. The van der Waals surface area contributed by atoms with Crippen LogP contribution in [0.4, 0.5) is 0 Å². The molecular formula is C11H12ClNO5S. The molecule has 0 aromatic heterocycles. The van der Waals surface area contributed by atoms with Gasteiger partial charge in [0.15, 0.2) is 15.9 Å². The van der Waals surface area contributed by atoms with Gasteiger partial charge < -0.3 is 10.5 Å². The quantitative estimate of drug-likeness (QED) is 0.828. The molecule has 6 nitrogen and oxygen atoms in total. The highest BCUT2D eigenvalue weighted by Gasteiger charge is 2.20. The average molecular weight is 306 g/mol. The number of nitrogens with two attached hydrogens (primary N) is 1. The molecule has 8 heteroatoms. The highest BCUT2D eigenvalue weighted by Crippen LogP contribution is 2.21. The predicted molar refractivity (Wildman–Crippen MR) is 68.6 cm³/mol. The molecule has 19 heavy (non-hydrogen) atoms. The first-order chi connectivity index (χ1) is 8.62. The van der Waals surface area contributed by atoms with E-state index in [0.717, 1.165) is 12.3 Å². The highest BCUT2D eigenvalue weighted by atomic mass is 35.5. The van der Waals surface area contributed by atoms with Crippen molar-refractivity contribution in [2.24, 2.45) is 5.73 Å². The van der Waals surface area contributed by atoms with Crippen molar-refractivity contribution < 1.29 is 22.7 Å². The summed E-state index contributed by atoms with van der Waals surface area (Å²) in [5, 5.41) is 0.0223. The third-order valence-corrected chi connectivity index (χ3v) is 3.71. The van der Waals surface area contributed by atoms with Gasteiger partial charge >= 0.3 is 5.97 Å². The van der Waals surface area contributed by atoms with Crippen LogP contribution in [0.5, 0.6) is 0 Å². The molecule has 1 amide bonds. The Hall–Kier alpha value is -1.60. The predicted octanol–water partition coefficient (Wildman–Crippen LogP) is 0.774. The fourth-order valence-electron chi connectivity index (χ4n) is 1.17. The zero-order valence-corrected chi connectivity index (χ0v) is 11.8. The fourth-order valence-corrected chi connectivity index (χ4v) is 2.02. The molecule has 0 fully saturated rings. The first-order valence-corrected chi connectivity index (χ1v) is 7.39. The molecule has 0 aliphatic rings. The van der Waals surface area contributed by atoms with E-state index in [2.05, 4.69) is 0 Å². The van der Waals surface area contributed by atoms with Crippen molar-refractivity contribution in [1.29, 1.82) is 0 Å². The Bertz CT molecular complexity index is 626. The van der Waals surface area contributed by atoms with Crippen LogP contribution in [0, 0.1) is 0 Å². The molecule has 104 valence electrons. The second-order valence-corrected chi connectivity index (χ2v) is 6.29. The van der Waals surface area contributed by atoms with Gasteiger partial charge in [-0.3, -0.25) is 4.79 Å². The second-order valence-electron chi connectivity index (χ2n) is 3.86. The maximum absolute atomic E-state index is 11.8. The summed E-state index contributed by atoms with van der Waals surface area (Å²) in [6.07, 6.45) is -0.136. The van der Waals surface area contributed by atoms with E-state index in [4.69, 9.17) is 22.1 Å². The summed E-state index contributed by atoms with van der Waals surface area (Å²) in [4.78, 5) is 22.5. The van der Waals surface area contributed by atoms with Gasteiger partial charge in [-0.1, -0.05) is 11.6 Å². The number of sulfone groups is 1. The Morgan fingerprint density at radius 3 is 2.42 bits per heavy atom. The molecule has 0 bridgehead atoms. The zero-order chi connectivity index (χ0) is 14.8. The molecule has 2 N–H and O–H groups in total. The number of carbonyl (C=O) groups is 2. The van der Waals surface area contributed by atoms with Crippen molar-refractivity contribution in [3.05, 3.63) is 28.8 Å². The summed E-state index contributed by atoms with van der Waals surface area (Å²) in [5.74, 6) is -1.73.